The highest BCUT2D eigenvalue weighted by molar-refractivity contribution is 5.46. The molecule has 1 rings (SSSR count). The lowest BCUT2D eigenvalue weighted by Gasteiger charge is -2.05. The highest BCUT2D eigenvalue weighted by Crippen LogP contribution is 2.12. The first-order chi connectivity index (χ1) is 6.69. The lowest BCUT2D eigenvalue weighted by molar-refractivity contribution is -0.842. The molecule has 6 heteroatoms. The van der Waals surface area contributed by atoms with Crippen LogP contribution in [0.5, 0.6) is 0 Å². The molecule has 0 unspecified atom stereocenters. The monoisotopic (exact) mass is 193 g/mol. The van der Waals surface area contributed by atoms with Crippen LogP contribution in [-0.4, -0.2) is 22.4 Å². The summed E-state index contributed by atoms with van der Waals surface area (Å²) in [6, 6.07) is 8.39. The van der Waals surface area contributed by atoms with Gasteiger partial charge in [-0.05, 0) is 24.3 Å². The van der Waals surface area contributed by atoms with Gasteiger partial charge in [0.1, 0.15) is 5.69 Å². The van der Waals surface area contributed by atoms with E-state index in [0.29, 0.717) is 11.3 Å². The van der Waals surface area contributed by atoms with Crippen LogP contribution in [0.3, 0.4) is 0 Å². The zero-order valence-corrected chi connectivity index (χ0v) is 7.49. The summed E-state index contributed by atoms with van der Waals surface area (Å²) in [7, 11) is 1.50. The van der Waals surface area contributed by atoms with E-state index < -0.39 is 0 Å². The summed E-state index contributed by atoms with van der Waals surface area (Å²) in [5, 5.41) is 29.6. The normalized spacial score (nSPS) is 10.7. The van der Waals surface area contributed by atoms with E-state index in [-0.39, 0.29) is 4.97 Å². The summed E-state index contributed by atoms with van der Waals surface area (Å²) in [5.41, 5.74) is 1.11. The second-order valence-corrected chi connectivity index (χ2v) is 2.54. The molecule has 0 saturated carbocycles. The molecule has 0 aliphatic rings. The Morgan fingerprint density at radius 3 is 2.43 bits per heavy atom. The second-order valence-electron chi connectivity index (χ2n) is 2.54. The van der Waals surface area contributed by atoms with Crippen LogP contribution in [0.2, 0.25) is 0 Å². The number of anilines is 1. The Balaban J connectivity index is 2.93. The van der Waals surface area contributed by atoms with Gasteiger partial charge in [-0.15, -0.1) is 0 Å². The van der Waals surface area contributed by atoms with Crippen molar-refractivity contribution >= 4 is 5.69 Å². The molecule has 0 fully saturated rings. The first-order valence-corrected chi connectivity index (χ1v) is 3.77. The Morgan fingerprint density at radius 1 is 1.43 bits per heavy atom. The molecule has 2 N–H and O–H groups in total. The molecule has 1 aromatic rings. The van der Waals surface area contributed by atoms with Crippen molar-refractivity contribution in [2.75, 3.05) is 12.1 Å². The zero-order chi connectivity index (χ0) is 10.6. The van der Waals surface area contributed by atoms with Gasteiger partial charge < -0.3 is 5.21 Å². The molecule has 72 valence electrons. The van der Waals surface area contributed by atoms with Crippen LogP contribution in [-0.2, 0) is 0 Å². The molecule has 14 heavy (non-hydrogen) atoms. The fourth-order valence-electron chi connectivity index (χ4n) is 0.915. The van der Waals surface area contributed by atoms with Gasteiger partial charge in [0.05, 0.1) is 18.7 Å². The minimum Gasteiger partial charge on any atom is -0.357 e. The molecule has 0 aliphatic heterocycles. The first kappa shape index (κ1) is 9.80. The van der Waals surface area contributed by atoms with Gasteiger partial charge in [0, 0.05) is 0 Å². The molecule has 0 amide bonds. The molecular weight excluding hydrogens is 184 g/mol. The Bertz CT molecular complexity index is 379. The quantitative estimate of drug-likeness (QED) is 0.419. The van der Waals surface area contributed by atoms with Gasteiger partial charge in [-0.1, -0.05) is 5.01 Å². The number of rotatable bonds is 2. The molecule has 0 heterocycles. The van der Waals surface area contributed by atoms with E-state index in [0.717, 1.165) is 0 Å². The maximum Gasteiger partial charge on any atom is 0.272 e. The van der Waals surface area contributed by atoms with Crippen molar-refractivity contribution in [1.29, 1.82) is 5.26 Å². The third-order valence-electron chi connectivity index (χ3n) is 1.72. The summed E-state index contributed by atoms with van der Waals surface area (Å²) in [6.07, 6.45) is 0. The number of hydrogen-bond donors (Lipinski definition) is 2. The fraction of sp³-hybridized carbons (Fsp3) is 0.125. The standard InChI is InChI=1S/C8H8N4O2/c1-11(12(14)10-13)8-4-2-7(6-9)3-5-8/h2-5,14H,1H3/p+1. The molecule has 0 aliphatic carbocycles. The molecule has 0 aromatic heterocycles. The van der Waals surface area contributed by atoms with Gasteiger partial charge >= 0.3 is 0 Å². The van der Waals surface area contributed by atoms with E-state index >= 15 is 0 Å². The summed E-state index contributed by atoms with van der Waals surface area (Å²) < 4.78 is 0. The highest BCUT2D eigenvalue weighted by atomic mass is 16.6. The molecule has 1 aromatic carbocycles. The topological polar surface area (TPSA) is 82.9 Å². The van der Waals surface area contributed by atoms with Crippen molar-refractivity contribution in [2.45, 2.75) is 0 Å². The number of nitriles is 1. The molecule has 0 atom stereocenters. The Hall–Kier alpha value is -2.29. The van der Waals surface area contributed by atoms with Crippen molar-refractivity contribution < 1.29 is 15.4 Å². The van der Waals surface area contributed by atoms with Gasteiger partial charge in [0.2, 0.25) is 0 Å². The SMILES string of the molecule is CN(c1ccc(C#N)cc1)[N+](O)=NO. The van der Waals surface area contributed by atoms with Crippen molar-refractivity contribution in [1.82, 2.24) is 0 Å². The summed E-state index contributed by atoms with van der Waals surface area (Å²) >= 11 is 0. The predicted octanol–water partition coefficient (Wildman–Crippen LogP) is 1.15. The summed E-state index contributed by atoms with van der Waals surface area (Å²) in [4.78, 5) is 0.279. The fourth-order valence-corrected chi connectivity index (χ4v) is 0.915. The van der Waals surface area contributed by atoms with Crippen LogP contribution >= 0.6 is 0 Å². The highest BCUT2D eigenvalue weighted by Gasteiger charge is 2.14. The van der Waals surface area contributed by atoms with E-state index in [4.69, 9.17) is 15.7 Å². The second kappa shape index (κ2) is 4.09. The maximum absolute atomic E-state index is 8.98. The summed E-state index contributed by atoms with van der Waals surface area (Å²) in [6.45, 7) is 0. The van der Waals surface area contributed by atoms with Crippen LogP contribution in [0.4, 0.5) is 5.69 Å². The first-order valence-electron chi connectivity index (χ1n) is 3.77. The molecule has 0 bridgehead atoms. The van der Waals surface area contributed by atoms with Gasteiger partial charge in [-0.25, -0.2) is 5.21 Å². The number of benzene rings is 1. The van der Waals surface area contributed by atoms with Gasteiger partial charge in [0.25, 0.3) is 10.2 Å². The smallest absolute Gasteiger partial charge is 0.272 e. The molecule has 0 saturated heterocycles. The van der Waals surface area contributed by atoms with Crippen LogP contribution in [0.15, 0.2) is 29.5 Å². The van der Waals surface area contributed by atoms with E-state index in [1.165, 1.54) is 12.1 Å². The van der Waals surface area contributed by atoms with Crippen molar-refractivity contribution in [3.05, 3.63) is 29.8 Å². The van der Waals surface area contributed by atoms with E-state index in [9.17, 15) is 0 Å². The third-order valence-corrected chi connectivity index (χ3v) is 1.72. The van der Waals surface area contributed by atoms with Crippen molar-refractivity contribution in [2.24, 2.45) is 5.28 Å². The molecule has 0 spiro atoms. The average Bonchev–Trinajstić information content (AvgIpc) is 2.27. The molecule has 0 radical (unpaired) electrons. The Morgan fingerprint density at radius 2 is 2.00 bits per heavy atom. The average molecular weight is 193 g/mol. The molecule has 6 nitrogen and oxygen atoms in total. The molecular formula is C8H9N4O2+. The van der Waals surface area contributed by atoms with E-state index in [1.807, 2.05) is 6.07 Å². The Labute approximate surface area is 80.4 Å². The Kier molecular flexibility index (Phi) is 2.86. The predicted molar refractivity (Wildman–Crippen MR) is 45.8 cm³/mol. The summed E-state index contributed by atoms with van der Waals surface area (Å²) in [5.74, 6) is 0. The maximum atomic E-state index is 8.98. The van der Waals surface area contributed by atoms with Gasteiger partial charge in [0.15, 0.2) is 0 Å². The van der Waals surface area contributed by atoms with Gasteiger partial charge in [-0.2, -0.15) is 5.26 Å². The van der Waals surface area contributed by atoms with Crippen molar-refractivity contribution in [3.63, 3.8) is 0 Å². The van der Waals surface area contributed by atoms with E-state index in [2.05, 4.69) is 5.28 Å². The van der Waals surface area contributed by atoms with Crippen LogP contribution in [0.1, 0.15) is 5.56 Å². The van der Waals surface area contributed by atoms with Crippen LogP contribution in [0, 0.1) is 11.3 Å². The minimum absolute atomic E-state index is 0.279. The largest absolute Gasteiger partial charge is 0.357 e. The lowest BCUT2D eigenvalue weighted by Crippen LogP contribution is -2.27. The number of nitrogens with zero attached hydrogens (tertiary/aromatic N) is 4. The number of hydrazine groups is 1. The van der Waals surface area contributed by atoms with Crippen LogP contribution in [0.25, 0.3) is 0 Å². The van der Waals surface area contributed by atoms with Crippen LogP contribution < -0.4 is 5.01 Å². The van der Waals surface area contributed by atoms with Crippen molar-refractivity contribution in [3.8, 4) is 6.07 Å². The van der Waals surface area contributed by atoms with Gasteiger partial charge in [-0.3, -0.25) is 0 Å². The lowest BCUT2D eigenvalue weighted by atomic mass is 10.2. The zero-order valence-electron chi connectivity index (χ0n) is 7.49. The minimum atomic E-state index is 0.279. The van der Waals surface area contributed by atoms with E-state index in [1.54, 1.807) is 24.3 Å². The number of hydrogen-bond acceptors (Lipinski definition) is 2. The third kappa shape index (κ3) is 1.90.